The SMILES string of the molecule is CC(C(=O)O)N(C(=O)c1nc(C2CC2)n(-c2ccccc2Cl)n1)C1CC1. The number of aliphatic carboxylic acids is 1. The number of para-hydroxylation sites is 1. The van der Waals surface area contributed by atoms with Crippen LogP contribution < -0.4 is 0 Å². The molecule has 1 aromatic heterocycles. The van der Waals surface area contributed by atoms with Crippen molar-refractivity contribution in [2.45, 2.75) is 50.6 Å². The Hall–Kier alpha value is -2.41. The van der Waals surface area contributed by atoms with Crippen LogP contribution in [0.1, 0.15) is 55.0 Å². The molecule has 4 rings (SSSR count). The molecule has 136 valence electrons. The first-order valence-corrected chi connectivity index (χ1v) is 9.12. The van der Waals surface area contributed by atoms with Crippen molar-refractivity contribution >= 4 is 23.5 Å². The molecule has 2 aliphatic rings. The van der Waals surface area contributed by atoms with Crippen molar-refractivity contribution < 1.29 is 14.7 Å². The van der Waals surface area contributed by atoms with E-state index in [9.17, 15) is 14.7 Å². The van der Waals surface area contributed by atoms with Crippen molar-refractivity contribution in [3.63, 3.8) is 0 Å². The second-order valence-corrected chi connectivity index (χ2v) is 7.30. The van der Waals surface area contributed by atoms with E-state index < -0.39 is 17.9 Å². The van der Waals surface area contributed by atoms with Gasteiger partial charge in [0, 0.05) is 12.0 Å². The van der Waals surface area contributed by atoms with Gasteiger partial charge in [0.25, 0.3) is 5.91 Å². The molecule has 1 N–H and O–H groups in total. The maximum Gasteiger partial charge on any atom is 0.326 e. The molecule has 1 atom stereocenters. The number of amides is 1. The largest absolute Gasteiger partial charge is 0.480 e. The van der Waals surface area contributed by atoms with Crippen molar-refractivity contribution in [1.82, 2.24) is 19.7 Å². The monoisotopic (exact) mass is 374 g/mol. The number of carbonyl (C=O) groups is 2. The van der Waals surface area contributed by atoms with Gasteiger partial charge < -0.3 is 10.0 Å². The van der Waals surface area contributed by atoms with E-state index in [0.29, 0.717) is 16.5 Å². The normalized spacial score (nSPS) is 17.8. The van der Waals surface area contributed by atoms with Crippen molar-refractivity contribution in [1.29, 1.82) is 0 Å². The van der Waals surface area contributed by atoms with E-state index in [4.69, 9.17) is 11.6 Å². The van der Waals surface area contributed by atoms with Gasteiger partial charge in [0.1, 0.15) is 11.9 Å². The maximum atomic E-state index is 13.0. The average Bonchev–Trinajstić information content (AvgIpc) is 3.54. The Kier molecular flexibility index (Phi) is 4.19. The number of halogens is 1. The van der Waals surface area contributed by atoms with Crippen LogP contribution in [0, 0.1) is 0 Å². The number of carboxylic acids is 1. The fourth-order valence-electron chi connectivity index (χ4n) is 3.07. The van der Waals surface area contributed by atoms with Crippen molar-refractivity contribution in [2.24, 2.45) is 0 Å². The van der Waals surface area contributed by atoms with Crippen LogP contribution in [-0.2, 0) is 4.79 Å². The highest BCUT2D eigenvalue weighted by atomic mass is 35.5. The lowest BCUT2D eigenvalue weighted by molar-refractivity contribution is -0.141. The van der Waals surface area contributed by atoms with Gasteiger partial charge in [-0.2, -0.15) is 0 Å². The molecule has 2 aromatic rings. The molecule has 0 spiro atoms. The van der Waals surface area contributed by atoms with E-state index >= 15 is 0 Å². The molecule has 0 saturated heterocycles. The lowest BCUT2D eigenvalue weighted by Crippen LogP contribution is -2.45. The highest BCUT2D eigenvalue weighted by Gasteiger charge is 2.41. The fourth-order valence-corrected chi connectivity index (χ4v) is 3.28. The molecule has 0 bridgehead atoms. The number of carbonyl (C=O) groups excluding carboxylic acids is 1. The summed E-state index contributed by atoms with van der Waals surface area (Å²) in [7, 11) is 0. The zero-order chi connectivity index (χ0) is 18.4. The quantitative estimate of drug-likeness (QED) is 0.839. The van der Waals surface area contributed by atoms with Crippen LogP contribution in [0.4, 0.5) is 0 Å². The topological polar surface area (TPSA) is 88.3 Å². The fraction of sp³-hybridized carbons (Fsp3) is 0.444. The summed E-state index contributed by atoms with van der Waals surface area (Å²) in [4.78, 5) is 30.3. The van der Waals surface area contributed by atoms with E-state index in [0.717, 1.165) is 25.7 Å². The predicted molar refractivity (Wildman–Crippen MR) is 94.6 cm³/mol. The Balaban J connectivity index is 1.73. The number of aromatic nitrogens is 3. The van der Waals surface area contributed by atoms with E-state index in [1.54, 1.807) is 10.7 Å². The molecule has 2 fully saturated rings. The van der Waals surface area contributed by atoms with E-state index in [1.165, 1.54) is 11.8 Å². The van der Waals surface area contributed by atoms with Gasteiger partial charge in [-0.1, -0.05) is 23.7 Å². The summed E-state index contributed by atoms with van der Waals surface area (Å²) in [6, 6.07) is 6.31. The molecule has 8 heteroatoms. The van der Waals surface area contributed by atoms with E-state index in [-0.39, 0.29) is 17.8 Å². The van der Waals surface area contributed by atoms with E-state index in [2.05, 4.69) is 10.1 Å². The van der Waals surface area contributed by atoms with Crippen LogP contribution in [0.2, 0.25) is 5.02 Å². The molecular formula is C18H19ClN4O3. The summed E-state index contributed by atoms with van der Waals surface area (Å²) in [6.45, 7) is 1.52. The zero-order valence-corrected chi connectivity index (χ0v) is 15.1. The standard InChI is InChI=1S/C18H19ClN4O3/c1-10(18(25)26)22(12-8-9-12)17(24)15-20-16(11-6-7-11)23(21-15)14-5-3-2-4-13(14)19/h2-5,10-12H,6-9H2,1H3,(H,25,26). The van der Waals surface area contributed by atoms with Gasteiger partial charge in [-0.25, -0.2) is 14.5 Å². The first-order valence-electron chi connectivity index (χ1n) is 8.74. The lowest BCUT2D eigenvalue weighted by Gasteiger charge is -2.25. The maximum absolute atomic E-state index is 13.0. The molecule has 1 amide bonds. The smallest absolute Gasteiger partial charge is 0.326 e. The molecule has 0 aliphatic heterocycles. The zero-order valence-electron chi connectivity index (χ0n) is 14.3. The van der Waals surface area contributed by atoms with Gasteiger partial charge in [-0.05, 0) is 44.7 Å². The minimum absolute atomic E-state index is 0.0341. The lowest BCUT2D eigenvalue weighted by atomic mass is 10.2. The average molecular weight is 375 g/mol. The van der Waals surface area contributed by atoms with Crippen LogP contribution in [0.15, 0.2) is 24.3 Å². The van der Waals surface area contributed by atoms with Crippen LogP contribution in [0.5, 0.6) is 0 Å². The summed E-state index contributed by atoms with van der Waals surface area (Å²) >= 11 is 6.30. The van der Waals surface area contributed by atoms with Crippen molar-refractivity contribution in [2.75, 3.05) is 0 Å². The Morgan fingerprint density at radius 1 is 1.27 bits per heavy atom. The summed E-state index contributed by atoms with van der Waals surface area (Å²) in [5.74, 6) is -0.466. The molecule has 1 unspecified atom stereocenters. The number of nitrogens with zero attached hydrogens (tertiary/aromatic N) is 4. The minimum Gasteiger partial charge on any atom is -0.480 e. The van der Waals surface area contributed by atoms with Gasteiger partial charge in [0.05, 0.1) is 10.7 Å². The molecule has 7 nitrogen and oxygen atoms in total. The summed E-state index contributed by atoms with van der Waals surface area (Å²) < 4.78 is 1.63. The Morgan fingerprint density at radius 3 is 2.54 bits per heavy atom. The second kappa shape index (κ2) is 6.39. The number of rotatable bonds is 6. The van der Waals surface area contributed by atoms with Crippen LogP contribution in [0.25, 0.3) is 5.69 Å². The first kappa shape index (κ1) is 17.0. The third-order valence-corrected chi connectivity index (χ3v) is 5.12. The van der Waals surface area contributed by atoms with Crippen molar-refractivity contribution in [3.05, 3.63) is 40.9 Å². The Labute approximate surface area is 155 Å². The van der Waals surface area contributed by atoms with Gasteiger partial charge in [-0.15, -0.1) is 5.10 Å². The van der Waals surface area contributed by atoms with Gasteiger partial charge in [-0.3, -0.25) is 4.79 Å². The third kappa shape index (κ3) is 3.07. The molecule has 1 aromatic carbocycles. The number of hydrogen-bond donors (Lipinski definition) is 1. The Morgan fingerprint density at radius 2 is 1.96 bits per heavy atom. The third-order valence-electron chi connectivity index (χ3n) is 4.80. The van der Waals surface area contributed by atoms with Crippen molar-refractivity contribution in [3.8, 4) is 5.69 Å². The van der Waals surface area contributed by atoms with Crippen LogP contribution >= 0.6 is 11.6 Å². The van der Waals surface area contributed by atoms with Crippen LogP contribution in [-0.4, -0.2) is 48.7 Å². The second-order valence-electron chi connectivity index (χ2n) is 6.89. The number of carboxylic acid groups (broad SMARTS) is 1. The number of hydrogen-bond acceptors (Lipinski definition) is 4. The minimum atomic E-state index is -1.03. The first-order chi connectivity index (χ1) is 12.5. The van der Waals surface area contributed by atoms with Gasteiger partial charge >= 0.3 is 5.97 Å². The summed E-state index contributed by atoms with van der Waals surface area (Å²) in [6.07, 6.45) is 3.61. The molecule has 26 heavy (non-hydrogen) atoms. The Bertz CT molecular complexity index is 873. The molecule has 2 aliphatic carbocycles. The van der Waals surface area contributed by atoms with Gasteiger partial charge in [0.2, 0.25) is 5.82 Å². The predicted octanol–water partition coefficient (Wildman–Crippen LogP) is 2.88. The number of benzene rings is 1. The molecular weight excluding hydrogens is 356 g/mol. The van der Waals surface area contributed by atoms with Crippen LogP contribution in [0.3, 0.4) is 0 Å². The van der Waals surface area contributed by atoms with Gasteiger partial charge in [0.15, 0.2) is 0 Å². The highest BCUT2D eigenvalue weighted by molar-refractivity contribution is 6.32. The molecule has 1 heterocycles. The summed E-state index contributed by atoms with van der Waals surface area (Å²) in [5, 5.41) is 14.3. The molecule has 0 radical (unpaired) electrons. The van der Waals surface area contributed by atoms with E-state index in [1.807, 2.05) is 18.2 Å². The molecule has 2 saturated carbocycles. The highest BCUT2D eigenvalue weighted by Crippen LogP contribution is 2.40. The summed E-state index contributed by atoms with van der Waals surface area (Å²) in [5.41, 5.74) is 0.673.